The molecule has 0 aliphatic carbocycles. The van der Waals surface area contributed by atoms with Crippen LogP contribution < -0.4 is 5.32 Å². The molecule has 0 aromatic carbocycles. The van der Waals surface area contributed by atoms with E-state index in [1.54, 1.807) is 6.92 Å². The second-order valence-corrected chi connectivity index (χ2v) is 2.93. The van der Waals surface area contributed by atoms with E-state index in [1.165, 1.54) is 6.08 Å². The van der Waals surface area contributed by atoms with Gasteiger partial charge < -0.3 is 4.74 Å². The molecule has 1 rings (SSSR count). The Kier molecular flexibility index (Phi) is 3.89. The highest BCUT2D eigenvalue weighted by molar-refractivity contribution is 5.82. The molecule has 1 saturated heterocycles. The lowest BCUT2D eigenvalue weighted by Gasteiger charge is -2.18. The summed E-state index contributed by atoms with van der Waals surface area (Å²) in [6.45, 7) is 2.70. The maximum Gasteiger partial charge on any atom is 0.330 e. The number of halogens is 1. The number of carbonyl (C=O) groups is 1. The quantitative estimate of drug-likeness (QED) is 0.400. The van der Waals surface area contributed by atoms with Crippen molar-refractivity contribution in [1.82, 2.24) is 5.32 Å². The molecule has 1 N–H and O–H groups in total. The molecule has 0 saturated carbocycles. The predicted molar refractivity (Wildman–Crippen MR) is 46.8 cm³/mol. The molecule has 74 valence electrons. The van der Waals surface area contributed by atoms with E-state index in [-0.39, 0.29) is 5.97 Å². The molecule has 4 heteroatoms. The second kappa shape index (κ2) is 4.97. The predicted octanol–water partition coefficient (Wildman–Crippen LogP) is 1.15. The Hall–Kier alpha value is -0.900. The van der Waals surface area contributed by atoms with E-state index >= 15 is 0 Å². The molecule has 0 radical (unpaired) electrons. The number of nitrogens with one attached hydrogen (secondary N) is 1. The van der Waals surface area contributed by atoms with Gasteiger partial charge in [-0.3, -0.25) is 5.32 Å². The summed E-state index contributed by atoms with van der Waals surface area (Å²) in [5.41, 5.74) is 0.824. The van der Waals surface area contributed by atoms with Gasteiger partial charge in [0.15, 0.2) is 6.30 Å². The summed E-state index contributed by atoms with van der Waals surface area (Å²) in [4.78, 5) is 11.0. The van der Waals surface area contributed by atoms with Gasteiger partial charge in [-0.15, -0.1) is 0 Å². The summed E-state index contributed by atoms with van der Waals surface area (Å²) in [6.07, 6.45) is 1.39. The smallest absolute Gasteiger partial charge is 0.330 e. The monoisotopic (exact) mass is 187 g/mol. The third kappa shape index (κ3) is 3.55. The number of rotatable bonds is 2. The van der Waals surface area contributed by atoms with Crippen molar-refractivity contribution in [3.05, 3.63) is 11.6 Å². The van der Waals surface area contributed by atoms with Crippen LogP contribution in [0.1, 0.15) is 19.8 Å². The highest BCUT2D eigenvalue weighted by Gasteiger charge is 2.15. The number of hydrogen-bond donors (Lipinski definition) is 1. The Labute approximate surface area is 77.0 Å². The van der Waals surface area contributed by atoms with Crippen LogP contribution in [0.3, 0.4) is 0 Å². The van der Waals surface area contributed by atoms with Crippen molar-refractivity contribution >= 4 is 5.97 Å². The van der Waals surface area contributed by atoms with Crippen molar-refractivity contribution < 1.29 is 13.9 Å². The lowest BCUT2D eigenvalue weighted by molar-refractivity contribution is -0.137. The molecule has 13 heavy (non-hydrogen) atoms. The zero-order valence-corrected chi connectivity index (χ0v) is 7.68. The number of carbonyl (C=O) groups excluding carboxylic acids is 1. The molecule has 3 nitrogen and oxygen atoms in total. The second-order valence-electron chi connectivity index (χ2n) is 2.93. The number of alkyl halides is 1. The fourth-order valence-corrected chi connectivity index (χ4v) is 1.28. The van der Waals surface area contributed by atoms with Crippen LogP contribution in [-0.2, 0) is 9.53 Å². The minimum Gasteiger partial charge on any atom is -0.463 e. The Bertz CT molecular complexity index is 216. The fraction of sp³-hybridized carbons (Fsp3) is 0.667. The zero-order valence-electron chi connectivity index (χ0n) is 7.68. The van der Waals surface area contributed by atoms with Crippen molar-refractivity contribution in [2.75, 3.05) is 13.2 Å². The first-order valence-electron chi connectivity index (χ1n) is 4.46. The SMILES string of the molecule is CCOC(=O)C=C1CCNC(F)C1. The topological polar surface area (TPSA) is 38.3 Å². The molecule has 0 spiro atoms. The summed E-state index contributed by atoms with van der Waals surface area (Å²) in [5, 5.41) is 2.66. The van der Waals surface area contributed by atoms with Gasteiger partial charge >= 0.3 is 5.97 Å². The normalized spacial score (nSPS) is 26.0. The average Bonchev–Trinajstić information content (AvgIpc) is 2.04. The third-order valence-corrected chi connectivity index (χ3v) is 1.86. The molecular weight excluding hydrogens is 173 g/mol. The van der Waals surface area contributed by atoms with E-state index in [0.29, 0.717) is 19.6 Å². The third-order valence-electron chi connectivity index (χ3n) is 1.86. The van der Waals surface area contributed by atoms with E-state index in [1.807, 2.05) is 0 Å². The molecule has 0 bridgehead atoms. The minimum absolute atomic E-state index is 0.290. The van der Waals surface area contributed by atoms with Crippen LogP contribution in [0.5, 0.6) is 0 Å². The maximum absolute atomic E-state index is 12.8. The lowest BCUT2D eigenvalue weighted by Crippen LogP contribution is -2.31. The largest absolute Gasteiger partial charge is 0.463 e. The zero-order chi connectivity index (χ0) is 9.68. The van der Waals surface area contributed by atoms with Crippen LogP contribution in [0.2, 0.25) is 0 Å². The number of hydrogen-bond acceptors (Lipinski definition) is 3. The van der Waals surface area contributed by atoms with E-state index < -0.39 is 6.30 Å². The summed E-state index contributed by atoms with van der Waals surface area (Å²) in [7, 11) is 0. The highest BCUT2D eigenvalue weighted by Crippen LogP contribution is 2.15. The van der Waals surface area contributed by atoms with Crippen molar-refractivity contribution in [3.63, 3.8) is 0 Å². The van der Waals surface area contributed by atoms with Gasteiger partial charge in [0.25, 0.3) is 0 Å². The number of esters is 1. The van der Waals surface area contributed by atoms with Crippen molar-refractivity contribution in [2.24, 2.45) is 0 Å². The van der Waals surface area contributed by atoms with Gasteiger partial charge in [-0.2, -0.15) is 0 Å². The van der Waals surface area contributed by atoms with Gasteiger partial charge in [-0.05, 0) is 13.3 Å². The molecule has 1 atom stereocenters. The van der Waals surface area contributed by atoms with Crippen LogP contribution in [-0.4, -0.2) is 25.4 Å². The number of piperidine rings is 1. The van der Waals surface area contributed by atoms with Gasteiger partial charge in [-0.1, -0.05) is 5.57 Å². The average molecular weight is 187 g/mol. The van der Waals surface area contributed by atoms with Crippen molar-refractivity contribution in [1.29, 1.82) is 0 Å². The fourth-order valence-electron chi connectivity index (χ4n) is 1.28. The van der Waals surface area contributed by atoms with Gasteiger partial charge in [0, 0.05) is 19.0 Å². The first kappa shape index (κ1) is 10.2. The first-order chi connectivity index (χ1) is 6.22. The molecule has 0 aromatic heterocycles. The summed E-state index contributed by atoms with van der Waals surface area (Å²) in [6, 6.07) is 0. The van der Waals surface area contributed by atoms with Crippen LogP contribution >= 0.6 is 0 Å². The van der Waals surface area contributed by atoms with E-state index in [4.69, 9.17) is 4.74 Å². The standard InChI is InChI=1S/C9H14FNO2/c1-2-13-9(12)6-7-3-4-11-8(10)5-7/h6,8,11H,2-5H2,1H3. The Morgan fingerprint density at radius 1 is 1.85 bits per heavy atom. The Morgan fingerprint density at radius 3 is 3.23 bits per heavy atom. The molecule has 1 heterocycles. The molecule has 1 fully saturated rings. The minimum atomic E-state index is -1.02. The summed E-state index contributed by atoms with van der Waals surface area (Å²) >= 11 is 0. The first-order valence-corrected chi connectivity index (χ1v) is 4.46. The van der Waals surface area contributed by atoms with Crippen molar-refractivity contribution in [3.8, 4) is 0 Å². The number of ether oxygens (including phenoxy) is 1. The van der Waals surface area contributed by atoms with Gasteiger partial charge in [-0.25, -0.2) is 9.18 Å². The summed E-state index contributed by atoms with van der Waals surface area (Å²) < 4.78 is 17.5. The van der Waals surface area contributed by atoms with Crippen LogP contribution in [0.25, 0.3) is 0 Å². The van der Waals surface area contributed by atoms with Crippen molar-refractivity contribution in [2.45, 2.75) is 26.1 Å². The van der Waals surface area contributed by atoms with Crippen LogP contribution in [0.4, 0.5) is 4.39 Å². The van der Waals surface area contributed by atoms with E-state index in [0.717, 1.165) is 12.0 Å². The molecule has 0 amide bonds. The molecule has 1 aliphatic heterocycles. The van der Waals surface area contributed by atoms with Gasteiger partial charge in [0.05, 0.1) is 6.61 Å². The highest BCUT2D eigenvalue weighted by atomic mass is 19.1. The lowest BCUT2D eigenvalue weighted by atomic mass is 10.0. The molecule has 1 unspecified atom stereocenters. The maximum atomic E-state index is 12.8. The Balaban J connectivity index is 2.44. The van der Waals surface area contributed by atoms with Gasteiger partial charge in [0.1, 0.15) is 0 Å². The molecule has 1 aliphatic rings. The summed E-state index contributed by atoms with van der Waals surface area (Å²) in [5.74, 6) is -0.369. The van der Waals surface area contributed by atoms with Crippen LogP contribution in [0.15, 0.2) is 11.6 Å². The molecule has 0 aromatic rings. The van der Waals surface area contributed by atoms with E-state index in [9.17, 15) is 9.18 Å². The Morgan fingerprint density at radius 2 is 2.62 bits per heavy atom. The molecular formula is C9H14FNO2. The van der Waals surface area contributed by atoms with Gasteiger partial charge in [0.2, 0.25) is 0 Å². The van der Waals surface area contributed by atoms with E-state index in [2.05, 4.69) is 5.32 Å². The van der Waals surface area contributed by atoms with Crippen LogP contribution in [0, 0.1) is 0 Å².